The number of carbonyl (C=O) groups is 1. The van der Waals surface area contributed by atoms with Crippen LogP contribution < -0.4 is 4.74 Å². The molecule has 5 heteroatoms. The fourth-order valence-electron chi connectivity index (χ4n) is 2.42. The van der Waals surface area contributed by atoms with E-state index in [1.54, 1.807) is 12.3 Å². The quantitative estimate of drug-likeness (QED) is 0.309. The highest BCUT2D eigenvalue weighted by atomic mass is 16.6. The van der Waals surface area contributed by atoms with Crippen LogP contribution in [0, 0.1) is 0 Å². The number of rotatable bonds is 8. The normalized spacial score (nSPS) is 11.4. The van der Waals surface area contributed by atoms with Crippen molar-refractivity contribution in [1.82, 2.24) is 0 Å². The molecule has 0 fully saturated rings. The summed E-state index contributed by atoms with van der Waals surface area (Å²) in [6, 6.07) is 15.2. The molecule has 26 heavy (non-hydrogen) atoms. The minimum Gasteiger partial charge on any atom is -0.489 e. The van der Waals surface area contributed by atoms with Gasteiger partial charge in [0.1, 0.15) is 19.0 Å². The van der Waals surface area contributed by atoms with E-state index < -0.39 is 0 Å². The molecule has 2 aromatic rings. The zero-order valence-electron chi connectivity index (χ0n) is 15.3. The van der Waals surface area contributed by atoms with E-state index in [1.165, 1.54) is 7.11 Å². The van der Waals surface area contributed by atoms with E-state index >= 15 is 0 Å². The molecule has 0 aliphatic heterocycles. The summed E-state index contributed by atoms with van der Waals surface area (Å²) in [4.78, 5) is 17.0. The number of hydrogen-bond donors (Lipinski definition) is 0. The average Bonchev–Trinajstić information content (AvgIpc) is 2.68. The van der Waals surface area contributed by atoms with E-state index in [0.717, 1.165) is 16.7 Å². The second-order valence-electron chi connectivity index (χ2n) is 5.36. The Morgan fingerprint density at radius 3 is 2.69 bits per heavy atom. The predicted molar refractivity (Wildman–Crippen MR) is 102 cm³/mol. The van der Waals surface area contributed by atoms with Crippen LogP contribution in [0.3, 0.4) is 0 Å². The molecule has 2 rings (SSSR count). The van der Waals surface area contributed by atoms with Crippen LogP contribution in [0.5, 0.6) is 5.75 Å². The van der Waals surface area contributed by atoms with Crippen LogP contribution in [-0.4, -0.2) is 25.9 Å². The molecule has 0 heterocycles. The van der Waals surface area contributed by atoms with Gasteiger partial charge in [0.05, 0.1) is 18.9 Å². The molecule has 0 saturated carbocycles. The van der Waals surface area contributed by atoms with Gasteiger partial charge in [-0.2, -0.15) is 0 Å². The summed E-state index contributed by atoms with van der Waals surface area (Å²) in [7, 11) is 1.38. The first-order chi connectivity index (χ1) is 12.7. The maximum atomic E-state index is 12.0. The Bertz CT molecular complexity index is 796. The summed E-state index contributed by atoms with van der Waals surface area (Å²) in [5.41, 5.74) is 3.10. The first-order valence-electron chi connectivity index (χ1n) is 8.40. The summed E-state index contributed by atoms with van der Waals surface area (Å²) < 4.78 is 10.8. The lowest BCUT2D eigenvalue weighted by Crippen LogP contribution is -2.07. The lowest BCUT2D eigenvalue weighted by molar-refractivity contribution is -0.133. The maximum absolute atomic E-state index is 12.0. The maximum Gasteiger partial charge on any atom is 0.338 e. The van der Waals surface area contributed by atoms with Gasteiger partial charge in [0.25, 0.3) is 0 Å². The average molecular weight is 353 g/mol. The number of ether oxygens (including phenoxy) is 2. The summed E-state index contributed by atoms with van der Waals surface area (Å²) in [5.74, 6) is 0.342. The first kappa shape index (κ1) is 19.2. The van der Waals surface area contributed by atoms with E-state index in [4.69, 9.17) is 14.3 Å². The van der Waals surface area contributed by atoms with Crippen LogP contribution in [0.15, 0.2) is 59.8 Å². The molecule has 0 aromatic heterocycles. The standard InChI is InChI=1S/C21H23NO4/c1-4-19(21(23)24-3)20-12-7-6-10-17(20)15-25-18-11-8-9-16(13-18)14-22-26-5-2/h4,6-14H,5,15H2,1-3H3. The van der Waals surface area contributed by atoms with Crippen LogP contribution in [0.1, 0.15) is 30.5 Å². The predicted octanol–water partition coefficient (Wildman–Crippen LogP) is 4.21. The highest BCUT2D eigenvalue weighted by Gasteiger charge is 2.15. The first-order valence-corrected chi connectivity index (χ1v) is 8.40. The number of carbonyl (C=O) groups excluding carboxylic acids is 1. The van der Waals surface area contributed by atoms with Gasteiger partial charge < -0.3 is 14.3 Å². The molecule has 0 unspecified atom stereocenters. The number of esters is 1. The van der Waals surface area contributed by atoms with Crippen LogP contribution in [0.2, 0.25) is 0 Å². The molecule has 0 saturated heterocycles. The van der Waals surface area contributed by atoms with Gasteiger partial charge in [0.15, 0.2) is 0 Å². The third-order valence-electron chi connectivity index (χ3n) is 3.66. The number of hydrogen-bond acceptors (Lipinski definition) is 5. The Morgan fingerprint density at radius 1 is 1.15 bits per heavy atom. The van der Waals surface area contributed by atoms with Gasteiger partial charge in [-0.25, -0.2) is 4.79 Å². The zero-order valence-corrected chi connectivity index (χ0v) is 15.3. The second kappa shape index (κ2) is 10.0. The van der Waals surface area contributed by atoms with Crippen LogP contribution in [0.4, 0.5) is 0 Å². The van der Waals surface area contributed by atoms with Crippen molar-refractivity contribution >= 4 is 17.8 Å². The summed E-state index contributed by atoms with van der Waals surface area (Å²) >= 11 is 0. The highest BCUT2D eigenvalue weighted by molar-refractivity contribution is 6.16. The summed E-state index contributed by atoms with van der Waals surface area (Å²) in [5, 5.41) is 3.86. The van der Waals surface area contributed by atoms with E-state index in [1.807, 2.05) is 62.4 Å². The Hall–Kier alpha value is -3.08. The van der Waals surface area contributed by atoms with Crippen molar-refractivity contribution in [3.63, 3.8) is 0 Å². The van der Waals surface area contributed by atoms with Gasteiger partial charge in [-0.1, -0.05) is 47.6 Å². The molecule has 0 radical (unpaired) electrons. The van der Waals surface area contributed by atoms with E-state index in [0.29, 0.717) is 24.5 Å². The van der Waals surface area contributed by atoms with E-state index in [-0.39, 0.29) is 5.97 Å². The molecular weight excluding hydrogens is 330 g/mol. The third-order valence-corrected chi connectivity index (χ3v) is 3.66. The number of allylic oxidation sites excluding steroid dienone is 1. The summed E-state index contributed by atoms with van der Waals surface area (Å²) in [6.45, 7) is 4.54. The van der Waals surface area contributed by atoms with Gasteiger partial charge in [0, 0.05) is 0 Å². The Balaban J connectivity index is 2.16. The van der Waals surface area contributed by atoms with Crippen molar-refractivity contribution in [3.8, 4) is 5.75 Å². The molecule has 0 amide bonds. The highest BCUT2D eigenvalue weighted by Crippen LogP contribution is 2.22. The molecule has 2 aromatic carbocycles. The molecule has 0 spiro atoms. The molecular formula is C21H23NO4. The fourth-order valence-corrected chi connectivity index (χ4v) is 2.42. The number of oxime groups is 1. The molecule has 136 valence electrons. The van der Waals surface area contributed by atoms with Gasteiger partial charge in [-0.3, -0.25) is 0 Å². The van der Waals surface area contributed by atoms with Crippen molar-refractivity contribution < 1.29 is 19.1 Å². The third kappa shape index (κ3) is 5.21. The van der Waals surface area contributed by atoms with Crippen molar-refractivity contribution in [2.24, 2.45) is 5.16 Å². The lowest BCUT2D eigenvalue weighted by atomic mass is 10.00. The smallest absolute Gasteiger partial charge is 0.338 e. The largest absolute Gasteiger partial charge is 0.489 e. The van der Waals surface area contributed by atoms with Gasteiger partial charge in [-0.05, 0) is 42.7 Å². The lowest BCUT2D eigenvalue weighted by Gasteiger charge is -2.13. The second-order valence-corrected chi connectivity index (χ2v) is 5.36. The Labute approximate surface area is 153 Å². The van der Waals surface area contributed by atoms with E-state index in [2.05, 4.69) is 5.16 Å². The minimum absolute atomic E-state index is 0.330. The zero-order chi connectivity index (χ0) is 18.8. The van der Waals surface area contributed by atoms with Gasteiger partial charge in [-0.15, -0.1) is 0 Å². The van der Waals surface area contributed by atoms with Gasteiger partial charge in [0.2, 0.25) is 0 Å². The monoisotopic (exact) mass is 353 g/mol. The molecule has 0 aliphatic carbocycles. The fraction of sp³-hybridized carbons (Fsp3) is 0.238. The van der Waals surface area contributed by atoms with Crippen LogP contribution in [0.25, 0.3) is 5.57 Å². The number of nitrogens with zero attached hydrogens (tertiary/aromatic N) is 1. The molecule has 0 aliphatic rings. The summed E-state index contributed by atoms with van der Waals surface area (Å²) in [6.07, 6.45) is 3.38. The molecule has 0 atom stereocenters. The Morgan fingerprint density at radius 2 is 1.96 bits per heavy atom. The minimum atomic E-state index is -0.367. The van der Waals surface area contributed by atoms with Gasteiger partial charge >= 0.3 is 5.97 Å². The van der Waals surface area contributed by atoms with E-state index in [9.17, 15) is 4.79 Å². The van der Waals surface area contributed by atoms with Crippen molar-refractivity contribution in [2.75, 3.05) is 13.7 Å². The molecule has 0 bridgehead atoms. The van der Waals surface area contributed by atoms with Crippen LogP contribution in [-0.2, 0) is 21.0 Å². The Kier molecular flexibility index (Phi) is 7.43. The molecule has 0 N–H and O–H groups in total. The van der Waals surface area contributed by atoms with Crippen molar-refractivity contribution in [2.45, 2.75) is 20.5 Å². The topological polar surface area (TPSA) is 57.1 Å². The number of benzene rings is 2. The van der Waals surface area contributed by atoms with Crippen molar-refractivity contribution in [3.05, 3.63) is 71.3 Å². The molecule has 5 nitrogen and oxygen atoms in total. The van der Waals surface area contributed by atoms with Crippen molar-refractivity contribution in [1.29, 1.82) is 0 Å². The SMILES string of the molecule is CC=C(C(=O)OC)c1ccccc1COc1cccc(C=NOCC)c1. The number of methoxy groups -OCH3 is 1. The van der Waals surface area contributed by atoms with Crippen LogP contribution >= 0.6 is 0 Å².